The Bertz CT molecular complexity index is 1250. The molecular weight excluding hydrogens is 378 g/mol. The minimum Gasteiger partial charge on any atom is -0.336 e. The lowest BCUT2D eigenvalue weighted by molar-refractivity contribution is 0.0711. The normalized spacial score (nSPS) is 14.2. The molecule has 0 saturated carbocycles. The number of imidazole rings is 1. The fraction of sp³-hybridized carbons (Fsp3) is 0.217. The van der Waals surface area contributed by atoms with E-state index in [4.69, 9.17) is 0 Å². The first-order chi connectivity index (χ1) is 14.7. The molecule has 1 aromatic carbocycles. The largest absolute Gasteiger partial charge is 0.336 e. The zero-order valence-electron chi connectivity index (χ0n) is 16.4. The van der Waals surface area contributed by atoms with Gasteiger partial charge in [-0.3, -0.25) is 19.0 Å². The summed E-state index contributed by atoms with van der Waals surface area (Å²) in [5.74, 6) is -0.231. The van der Waals surface area contributed by atoms with E-state index in [0.29, 0.717) is 16.7 Å². The van der Waals surface area contributed by atoms with Gasteiger partial charge in [-0.05, 0) is 43.5 Å². The predicted molar refractivity (Wildman–Crippen MR) is 115 cm³/mol. The fourth-order valence-electron chi connectivity index (χ4n) is 3.98. The highest BCUT2D eigenvalue weighted by Crippen LogP contribution is 2.23. The van der Waals surface area contributed by atoms with E-state index in [0.717, 1.165) is 37.7 Å². The summed E-state index contributed by atoms with van der Waals surface area (Å²) in [7, 11) is 0. The van der Waals surface area contributed by atoms with E-state index in [9.17, 15) is 9.59 Å². The third-order valence-electron chi connectivity index (χ3n) is 5.48. The molecule has 0 unspecified atom stereocenters. The molecule has 0 aliphatic carbocycles. The van der Waals surface area contributed by atoms with Gasteiger partial charge in [0, 0.05) is 30.9 Å². The average molecular weight is 399 g/mol. The van der Waals surface area contributed by atoms with Gasteiger partial charge in [0.2, 0.25) is 5.82 Å². The van der Waals surface area contributed by atoms with Crippen LogP contribution in [0.4, 0.5) is 5.69 Å². The van der Waals surface area contributed by atoms with E-state index in [2.05, 4.69) is 15.3 Å². The Kier molecular flexibility index (Phi) is 4.63. The van der Waals surface area contributed by atoms with Gasteiger partial charge >= 0.3 is 0 Å². The number of fused-ring (bicyclic) bond motifs is 2. The van der Waals surface area contributed by atoms with Crippen LogP contribution in [0.15, 0.2) is 60.9 Å². The maximum atomic E-state index is 13.1. The quantitative estimate of drug-likeness (QED) is 0.569. The summed E-state index contributed by atoms with van der Waals surface area (Å²) >= 11 is 0. The van der Waals surface area contributed by atoms with Crippen LogP contribution in [0.5, 0.6) is 0 Å². The Morgan fingerprint density at radius 2 is 1.77 bits per heavy atom. The van der Waals surface area contributed by atoms with Crippen LogP contribution < -0.4 is 5.32 Å². The molecule has 1 fully saturated rings. The zero-order valence-corrected chi connectivity index (χ0v) is 16.4. The van der Waals surface area contributed by atoms with Crippen molar-refractivity contribution in [3.63, 3.8) is 0 Å². The number of nitrogens with zero attached hydrogens (tertiary/aromatic N) is 4. The van der Waals surface area contributed by atoms with Crippen molar-refractivity contribution in [2.45, 2.75) is 19.3 Å². The molecule has 3 aromatic heterocycles. The summed E-state index contributed by atoms with van der Waals surface area (Å²) < 4.78 is 1.70. The Balaban J connectivity index is 1.52. The summed E-state index contributed by atoms with van der Waals surface area (Å²) in [6.45, 7) is 1.45. The Morgan fingerprint density at radius 3 is 2.63 bits per heavy atom. The lowest BCUT2D eigenvalue weighted by Crippen LogP contribution is -2.36. The molecule has 4 heterocycles. The predicted octanol–water partition coefficient (Wildman–Crippen LogP) is 3.76. The minimum atomic E-state index is -0.366. The van der Waals surface area contributed by atoms with E-state index < -0.39 is 0 Å². The van der Waals surface area contributed by atoms with Crippen molar-refractivity contribution in [1.29, 1.82) is 0 Å². The maximum Gasteiger partial charge on any atom is 0.290 e. The molecule has 30 heavy (non-hydrogen) atoms. The lowest BCUT2D eigenvalue weighted by Gasteiger charge is -2.25. The topological polar surface area (TPSA) is 79.6 Å². The van der Waals surface area contributed by atoms with Crippen LogP contribution >= 0.6 is 0 Å². The molecule has 0 spiro atoms. The second-order valence-corrected chi connectivity index (χ2v) is 7.43. The number of aromatic nitrogens is 3. The van der Waals surface area contributed by atoms with Gasteiger partial charge in [-0.2, -0.15) is 0 Å². The average Bonchev–Trinajstić information content (AvgIpc) is 3.19. The van der Waals surface area contributed by atoms with Gasteiger partial charge in [0.25, 0.3) is 11.8 Å². The van der Waals surface area contributed by atoms with Crippen molar-refractivity contribution in [2.24, 2.45) is 0 Å². The summed E-state index contributed by atoms with van der Waals surface area (Å²) in [6.07, 6.45) is 6.60. The number of para-hydroxylation sites is 1. The highest BCUT2D eigenvalue weighted by molar-refractivity contribution is 6.11. The van der Waals surface area contributed by atoms with Gasteiger partial charge in [0.05, 0.1) is 16.7 Å². The molecule has 1 N–H and O–H groups in total. The molecule has 7 nitrogen and oxygen atoms in total. The highest BCUT2D eigenvalue weighted by Gasteiger charge is 2.26. The van der Waals surface area contributed by atoms with Crippen molar-refractivity contribution in [3.8, 4) is 0 Å². The number of piperidine rings is 1. The SMILES string of the molecule is O=C(Nc1cccc2cccnc12)c1nc(C(=O)N2CCCCC2)n2ccccc12. The Hall–Kier alpha value is -3.74. The first-order valence-corrected chi connectivity index (χ1v) is 10.1. The van der Waals surface area contributed by atoms with Crippen LogP contribution in [0.1, 0.15) is 40.4 Å². The molecule has 5 rings (SSSR count). The monoisotopic (exact) mass is 399 g/mol. The van der Waals surface area contributed by atoms with Crippen LogP contribution in [0.3, 0.4) is 0 Å². The van der Waals surface area contributed by atoms with E-state index in [1.807, 2.05) is 47.4 Å². The van der Waals surface area contributed by atoms with Crippen molar-refractivity contribution in [1.82, 2.24) is 19.3 Å². The molecule has 1 aliphatic heterocycles. The molecule has 1 saturated heterocycles. The van der Waals surface area contributed by atoms with E-state index in [1.165, 1.54) is 0 Å². The minimum absolute atomic E-state index is 0.137. The Morgan fingerprint density at radius 1 is 0.933 bits per heavy atom. The van der Waals surface area contributed by atoms with Crippen molar-refractivity contribution < 1.29 is 9.59 Å². The molecule has 7 heteroatoms. The van der Waals surface area contributed by atoms with Crippen molar-refractivity contribution in [2.75, 3.05) is 18.4 Å². The first kappa shape index (κ1) is 18.3. The van der Waals surface area contributed by atoms with Crippen LogP contribution in [0.2, 0.25) is 0 Å². The van der Waals surface area contributed by atoms with Crippen LogP contribution in [0.25, 0.3) is 16.4 Å². The number of likely N-dealkylation sites (tertiary alicyclic amines) is 1. The zero-order chi connectivity index (χ0) is 20.5. The third kappa shape index (κ3) is 3.18. The van der Waals surface area contributed by atoms with Gasteiger partial charge in [-0.25, -0.2) is 4.98 Å². The molecule has 1 aliphatic rings. The number of amides is 2. The number of hydrogen-bond acceptors (Lipinski definition) is 4. The van der Waals surface area contributed by atoms with Gasteiger partial charge < -0.3 is 10.2 Å². The lowest BCUT2D eigenvalue weighted by atomic mass is 10.1. The number of rotatable bonds is 3. The summed E-state index contributed by atoms with van der Waals surface area (Å²) in [6, 6.07) is 14.9. The highest BCUT2D eigenvalue weighted by atomic mass is 16.2. The number of hydrogen-bond donors (Lipinski definition) is 1. The summed E-state index contributed by atoms with van der Waals surface area (Å²) in [5, 5.41) is 3.86. The number of anilines is 1. The number of carbonyl (C=O) groups is 2. The van der Waals surface area contributed by atoms with E-state index in [-0.39, 0.29) is 23.3 Å². The molecule has 0 atom stereocenters. The van der Waals surface area contributed by atoms with Gasteiger partial charge in [0.1, 0.15) is 0 Å². The molecule has 4 aromatic rings. The molecular formula is C23H21N5O2. The van der Waals surface area contributed by atoms with Crippen molar-refractivity contribution >= 4 is 33.9 Å². The van der Waals surface area contributed by atoms with Crippen LogP contribution in [-0.4, -0.2) is 44.2 Å². The fourth-order valence-corrected chi connectivity index (χ4v) is 3.98. The molecule has 2 amide bonds. The molecule has 0 bridgehead atoms. The Labute approximate surface area is 173 Å². The third-order valence-corrected chi connectivity index (χ3v) is 5.48. The second-order valence-electron chi connectivity index (χ2n) is 7.43. The second kappa shape index (κ2) is 7.59. The van der Waals surface area contributed by atoms with Crippen LogP contribution in [0, 0.1) is 0 Å². The van der Waals surface area contributed by atoms with Crippen molar-refractivity contribution in [3.05, 3.63) is 72.4 Å². The smallest absolute Gasteiger partial charge is 0.290 e. The molecule has 150 valence electrons. The number of benzene rings is 1. The first-order valence-electron chi connectivity index (χ1n) is 10.1. The van der Waals surface area contributed by atoms with E-state index >= 15 is 0 Å². The van der Waals surface area contributed by atoms with E-state index in [1.54, 1.807) is 22.9 Å². The molecule has 0 radical (unpaired) electrons. The van der Waals surface area contributed by atoms with Gasteiger partial charge in [-0.1, -0.05) is 24.3 Å². The number of carbonyl (C=O) groups excluding carboxylic acids is 2. The van der Waals surface area contributed by atoms with Gasteiger partial charge in [-0.15, -0.1) is 0 Å². The number of nitrogens with one attached hydrogen (secondary N) is 1. The standard InChI is InChI=1S/C23H21N5O2/c29-22(25-17-10-6-8-16-9-7-12-24-19(16)17)20-18-11-2-5-15-28(18)21(26-20)23(30)27-13-3-1-4-14-27/h2,5-12,15H,1,3-4,13-14H2,(H,25,29). The number of pyridine rings is 2. The summed E-state index contributed by atoms with van der Waals surface area (Å²) in [4.78, 5) is 36.9. The maximum absolute atomic E-state index is 13.1. The van der Waals surface area contributed by atoms with Crippen LogP contribution in [-0.2, 0) is 0 Å². The summed E-state index contributed by atoms with van der Waals surface area (Å²) in [5.41, 5.74) is 2.15. The van der Waals surface area contributed by atoms with Gasteiger partial charge in [0.15, 0.2) is 5.69 Å².